The van der Waals surface area contributed by atoms with E-state index in [0.717, 1.165) is 25.1 Å². The average Bonchev–Trinajstić information content (AvgIpc) is 3.17. The zero-order chi connectivity index (χ0) is 19.5. The van der Waals surface area contributed by atoms with Gasteiger partial charge in [0, 0.05) is 29.2 Å². The molecule has 1 aromatic heterocycles. The largest absolute Gasteiger partial charge is 0.324 e. The fourth-order valence-electron chi connectivity index (χ4n) is 3.68. The van der Waals surface area contributed by atoms with Crippen LogP contribution >= 0.6 is 11.3 Å². The second kappa shape index (κ2) is 8.09. The van der Waals surface area contributed by atoms with Gasteiger partial charge in [0.15, 0.2) is 5.78 Å². The van der Waals surface area contributed by atoms with Crippen LogP contribution in [-0.2, 0) is 17.8 Å². The first-order valence-corrected chi connectivity index (χ1v) is 10.3. The fraction of sp³-hybridized carbons (Fsp3) is 0.217. The van der Waals surface area contributed by atoms with E-state index in [-0.39, 0.29) is 17.7 Å². The molecule has 5 heteroatoms. The summed E-state index contributed by atoms with van der Waals surface area (Å²) in [6.45, 7) is 3.13. The molecule has 0 radical (unpaired) electrons. The summed E-state index contributed by atoms with van der Waals surface area (Å²) in [5.41, 5.74) is 3.52. The molecule has 1 atom stereocenters. The van der Waals surface area contributed by atoms with Crippen molar-refractivity contribution in [2.75, 3.05) is 11.9 Å². The number of carbonyl (C=O) groups is 2. The Labute approximate surface area is 168 Å². The number of carbonyl (C=O) groups excluding carboxylic acids is 2. The Morgan fingerprint density at radius 1 is 1.07 bits per heavy atom. The number of amides is 1. The zero-order valence-corrected chi connectivity index (χ0v) is 16.5. The molecular weight excluding hydrogens is 368 g/mol. The van der Waals surface area contributed by atoms with Crippen LogP contribution < -0.4 is 5.32 Å². The molecule has 1 N–H and O–H groups in total. The van der Waals surface area contributed by atoms with Gasteiger partial charge in [-0.2, -0.15) is 0 Å². The highest BCUT2D eigenvalue weighted by atomic mass is 32.1. The van der Waals surface area contributed by atoms with Crippen LogP contribution in [0.25, 0.3) is 0 Å². The van der Waals surface area contributed by atoms with Gasteiger partial charge in [0.25, 0.3) is 0 Å². The number of Topliss-reactive ketones (excluding diaryl/α,β-unsaturated/α-hetero) is 1. The maximum atomic E-state index is 13.3. The lowest BCUT2D eigenvalue weighted by Gasteiger charge is -2.34. The number of nitrogens with zero attached hydrogens (tertiary/aromatic N) is 1. The van der Waals surface area contributed by atoms with Gasteiger partial charge in [-0.15, -0.1) is 11.3 Å². The Kier molecular flexibility index (Phi) is 5.37. The average molecular weight is 391 g/mol. The Balaban J connectivity index is 1.61. The minimum absolute atomic E-state index is 0.0169. The molecule has 0 aliphatic carbocycles. The first kappa shape index (κ1) is 18.6. The van der Waals surface area contributed by atoms with E-state index in [1.807, 2.05) is 36.4 Å². The Hall–Kier alpha value is -2.76. The molecule has 1 aliphatic rings. The number of thiophene rings is 1. The van der Waals surface area contributed by atoms with Crippen LogP contribution in [0.3, 0.4) is 0 Å². The van der Waals surface area contributed by atoms with Crippen LogP contribution in [0.1, 0.15) is 39.3 Å². The van der Waals surface area contributed by atoms with E-state index < -0.39 is 0 Å². The van der Waals surface area contributed by atoms with Crippen molar-refractivity contribution < 1.29 is 9.59 Å². The molecule has 0 spiro atoms. The van der Waals surface area contributed by atoms with Gasteiger partial charge >= 0.3 is 0 Å². The minimum Gasteiger partial charge on any atom is -0.324 e. The molecule has 0 saturated carbocycles. The first-order chi connectivity index (χ1) is 13.6. The minimum atomic E-state index is -0.379. The van der Waals surface area contributed by atoms with Crippen molar-refractivity contribution in [3.63, 3.8) is 0 Å². The molecule has 4 rings (SSSR count). The number of hydrogen-bond donors (Lipinski definition) is 1. The third-order valence-corrected chi connectivity index (χ3v) is 6.13. The molecule has 1 unspecified atom stereocenters. The van der Waals surface area contributed by atoms with Gasteiger partial charge in [-0.05, 0) is 48.1 Å². The van der Waals surface area contributed by atoms with E-state index in [1.54, 1.807) is 29.5 Å². The van der Waals surface area contributed by atoms with Crippen molar-refractivity contribution in [2.24, 2.45) is 0 Å². The highest BCUT2D eigenvalue weighted by molar-refractivity contribution is 7.10. The van der Waals surface area contributed by atoms with Crippen LogP contribution in [0.15, 0.2) is 66.0 Å². The third-order valence-electron chi connectivity index (χ3n) is 5.10. The zero-order valence-electron chi connectivity index (χ0n) is 15.7. The smallest absolute Gasteiger partial charge is 0.246 e. The van der Waals surface area contributed by atoms with Crippen molar-refractivity contribution in [2.45, 2.75) is 25.9 Å². The second-order valence-electron chi connectivity index (χ2n) is 7.03. The van der Waals surface area contributed by atoms with Crippen molar-refractivity contribution in [3.05, 3.63) is 87.6 Å². The van der Waals surface area contributed by atoms with Gasteiger partial charge in [-0.3, -0.25) is 14.5 Å². The molecule has 3 aromatic rings. The number of anilines is 1. The predicted octanol–water partition coefficient (Wildman–Crippen LogP) is 4.69. The van der Waals surface area contributed by atoms with Gasteiger partial charge in [0.2, 0.25) is 5.91 Å². The van der Waals surface area contributed by atoms with E-state index in [2.05, 4.69) is 21.7 Å². The summed E-state index contributed by atoms with van der Waals surface area (Å²) in [5.74, 6) is -0.0951. The maximum Gasteiger partial charge on any atom is 0.246 e. The van der Waals surface area contributed by atoms with Crippen LogP contribution in [-0.4, -0.2) is 23.1 Å². The number of nitrogens with one attached hydrogen (secondary N) is 1. The molecule has 0 saturated heterocycles. The van der Waals surface area contributed by atoms with E-state index in [0.29, 0.717) is 11.3 Å². The van der Waals surface area contributed by atoms with Crippen LogP contribution in [0.4, 0.5) is 5.69 Å². The molecule has 28 heavy (non-hydrogen) atoms. The van der Waals surface area contributed by atoms with E-state index in [1.165, 1.54) is 17.4 Å². The van der Waals surface area contributed by atoms with E-state index in [9.17, 15) is 9.59 Å². The summed E-state index contributed by atoms with van der Waals surface area (Å²) in [6, 6.07) is 18.8. The molecule has 4 nitrogen and oxygen atoms in total. The summed E-state index contributed by atoms with van der Waals surface area (Å²) < 4.78 is 0. The summed E-state index contributed by atoms with van der Waals surface area (Å²) >= 11 is 1.79. The molecular formula is C23H22N2O2S. The van der Waals surface area contributed by atoms with Gasteiger partial charge in [0.1, 0.15) is 6.04 Å². The SMILES string of the molecule is CC(=O)c1cccc(NC(=O)C(c2ccccc2)N2CCc3sccc3C2)c1. The van der Waals surface area contributed by atoms with Crippen molar-refractivity contribution >= 4 is 28.7 Å². The lowest BCUT2D eigenvalue weighted by Crippen LogP contribution is -2.40. The molecule has 1 aliphatic heterocycles. The van der Waals surface area contributed by atoms with Gasteiger partial charge in [-0.25, -0.2) is 0 Å². The van der Waals surface area contributed by atoms with Crippen LogP contribution in [0.2, 0.25) is 0 Å². The lowest BCUT2D eigenvalue weighted by molar-refractivity contribution is -0.122. The summed E-state index contributed by atoms with van der Waals surface area (Å²) in [5, 5.41) is 5.14. The van der Waals surface area contributed by atoms with Crippen LogP contribution in [0, 0.1) is 0 Å². The number of rotatable bonds is 5. The Bertz CT molecular complexity index is 997. The highest BCUT2D eigenvalue weighted by Crippen LogP contribution is 2.31. The van der Waals surface area contributed by atoms with Crippen LogP contribution in [0.5, 0.6) is 0 Å². The normalized spacial score (nSPS) is 14.9. The molecule has 0 bridgehead atoms. The molecule has 2 heterocycles. The van der Waals surface area contributed by atoms with E-state index in [4.69, 9.17) is 0 Å². The quantitative estimate of drug-likeness (QED) is 0.643. The molecule has 1 amide bonds. The van der Waals surface area contributed by atoms with E-state index >= 15 is 0 Å². The third kappa shape index (κ3) is 3.91. The number of fused-ring (bicyclic) bond motifs is 1. The molecule has 142 valence electrons. The summed E-state index contributed by atoms with van der Waals surface area (Å²) in [7, 11) is 0. The Morgan fingerprint density at radius 2 is 1.89 bits per heavy atom. The second-order valence-corrected chi connectivity index (χ2v) is 8.03. The summed E-state index contributed by atoms with van der Waals surface area (Å²) in [6.07, 6.45) is 0.962. The monoisotopic (exact) mass is 390 g/mol. The standard InChI is InChI=1S/C23H22N2O2S/c1-16(26)18-8-5-9-20(14-18)24-23(27)22(17-6-3-2-4-7-17)25-12-10-21-19(15-25)11-13-28-21/h2-9,11,13-14,22H,10,12,15H2,1H3,(H,24,27). The number of benzene rings is 2. The number of ketones is 1. The fourth-order valence-corrected chi connectivity index (χ4v) is 4.57. The van der Waals surface area contributed by atoms with Gasteiger partial charge in [-0.1, -0.05) is 42.5 Å². The first-order valence-electron chi connectivity index (χ1n) is 9.38. The predicted molar refractivity (Wildman–Crippen MR) is 113 cm³/mol. The Morgan fingerprint density at radius 3 is 2.68 bits per heavy atom. The highest BCUT2D eigenvalue weighted by Gasteiger charge is 2.30. The number of hydrogen-bond acceptors (Lipinski definition) is 4. The van der Waals surface area contributed by atoms with Gasteiger partial charge in [0.05, 0.1) is 0 Å². The van der Waals surface area contributed by atoms with Crippen molar-refractivity contribution in [1.29, 1.82) is 0 Å². The lowest BCUT2D eigenvalue weighted by atomic mass is 10.00. The topological polar surface area (TPSA) is 49.4 Å². The molecule has 0 fully saturated rings. The van der Waals surface area contributed by atoms with Crippen molar-refractivity contribution in [3.8, 4) is 0 Å². The van der Waals surface area contributed by atoms with Crippen molar-refractivity contribution in [1.82, 2.24) is 4.90 Å². The van der Waals surface area contributed by atoms with Gasteiger partial charge < -0.3 is 5.32 Å². The molecule has 2 aromatic carbocycles. The summed E-state index contributed by atoms with van der Waals surface area (Å²) in [4.78, 5) is 28.6. The maximum absolute atomic E-state index is 13.3.